The minimum Gasteiger partial charge on any atom is -0.447 e. The second kappa shape index (κ2) is 8.44. The third-order valence-electron chi connectivity index (χ3n) is 6.15. The molecule has 2 unspecified atom stereocenters. The molecule has 0 aliphatic carbocycles. The molecule has 3 rings (SSSR count). The Morgan fingerprint density at radius 2 is 1.90 bits per heavy atom. The van der Waals surface area contributed by atoms with Crippen LogP contribution in [0.5, 0.6) is 0 Å². The summed E-state index contributed by atoms with van der Waals surface area (Å²) in [5.41, 5.74) is 1.66. The SMILES string of the molecule is C=CCC1(CC=C)CC2C(c3ccccc3C)N(C(=O)OC(C)C)CCN2C1=O. The second-order valence-electron chi connectivity index (χ2n) is 8.46. The molecule has 2 saturated heterocycles. The van der Waals surface area contributed by atoms with Gasteiger partial charge in [0.05, 0.1) is 23.6 Å². The number of hydrogen-bond donors (Lipinski definition) is 0. The zero-order chi connectivity index (χ0) is 21.2. The molecule has 0 radical (unpaired) electrons. The Bertz CT molecular complexity index is 791. The van der Waals surface area contributed by atoms with E-state index in [9.17, 15) is 9.59 Å². The van der Waals surface area contributed by atoms with E-state index in [1.807, 2.05) is 47.9 Å². The van der Waals surface area contributed by atoms with Gasteiger partial charge in [-0.25, -0.2) is 4.79 Å². The number of rotatable bonds is 6. The second-order valence-corrected chi connectivity index (χ2v) is 8.46. The Hall–Kier alpha value is -2.56. The van der Waals surface area contributed by atoms with Gasteiger partial charge in [-0.1, -0.05) is 36.4 Å². The fourth-order valence-electron chi connectivity index (χ4n) is 4.91. The van der Waals surface area contributed by atoms with E-state index in [-0.39, 0.29) is 30.2 Å². The summed E-state index contributed by atoms with van der Waals surface area (Å²) in [6, 6.07) is 7.79. The van der Waals surface area contributed by atoms with Crippen molar-refractivity contribution >= 4 is 12.0 Å². The standard InChI is InChI=1S/C24H32N2O3/c1-6-12-24(13-7-2)16-20-21(19-11-9-8-10-18(19)5)26(23(28)29-17(3)4)15-14-25(20)22(24)27/h6-11,17,20-21H,1-2,12-16H2,3-5H3. The molecule has 2 amide bonds. The van der Waals surface area contributed by atoms with E-state index < -0.39 is 5.41 Å². The van der Waals surface area contributed by atoms with Crippen LogP contribution in [0, 0.1) is 12.3 Å². The largest absolute Gasteiger partial charge is 0.447 e. The first-order chi connectivity index (χ1) is 13.8. The van der Waals surface area contributed by atoms with Crippen LogP contribution in [0.3, 0.4) is 0 Å². The van der Waals surface area contributed by atoms with Crippen LogP contribution in [0.2, 0.25) is 0 Å². The molecule has 156 valence electrons. The quantitative estimate of drug-likeness (QED) is 0.659. The highest BCUT2D eigenvalue weighted by atomic mass is 16.6. The Balaban J connectivity index is 2.05. The van der Waals surface area contributed by atoms with E-state index >= 15 is 0 Å². The lowest BCUT2D eigenvalue weighted by atomic mass is 9.76. The van der Waals surface area contributed by atoms with Crippen LogP contribution in [0.25, 0.3) is 0 Å². The van der Waals surface area contributed by atoms with Crippen LogP contribution in [0.1, 0.15) is 50.3 Å². The molecule has 5 nitrogen and oxygen atoms in total. The van der Waals surface area contributed by atoms with Crippen molar-refractivity contribution < 1.29 is 14.3 Å². The lowest BCUT2D eigenvalue weighted by molar-refractivity contribution is -0.139. The van der Waals surface area contributed by atoms with E-state index in [1.165, 1.54) is 0 Å². The first-order valence-corrected chi connectivity index (χ1v) is 10.4. The first-order valence-electron chi connectivity index (χ1n) is 10.4. The van der Waals surface area contributed by atoms with E-state index in [0.717, 1.165) is 11.1 Å². The number of hydrogen-bond acceptors (Lipinski definition) is 3. The van der Waals surface area contributed by atoms with Gasteiger partial charge in [0.1, 0.15) is 0 Å². The molecule has 2 aliphatic heterocycles. The Morgan fingerprint density at radius 3 is 2.48 bits per heavy atom. The van der Waals surface area contributed by atoms with Crippen LogP contribution in [0.4, 0.5) is 4.79 Å². The van der Waals surface area contributed by atoms with Gasteiger partial charge in [-0.05, 0) is 51.2 Å². The highest BCUT2D eigenvalue weighted by Gasteiger charge is 2.56. The summed E-state index contributed by atoms with van der Waals surface area (Å²) < 4.78 is 5.55. The summed E-state index contributed by atoms with van der Waals surface area (Å²) in [5, 5.41) is 0. The summed E-state index contributed by atoms with van der Waals surface area (Å²) in [7, 11) is 0. The number of ether oxygens (including phenoxy) is 1. The van der Waals surface area contributed by atoms with Crippen molar-refractivity contribution in [2.45, 2.75) is 58.2 Å². The molecule has 2 heterocycles. The molecule has 5 heteroatoms. The van der Waals surface area contributed by atoms with Crippen molar-refractivity contribution in [1.29, 1.82) is 0 Å². The number of amides is 2. The number of benzene rings is 1. The maximum Gasteiger partial charge on any atom is 0.410 e. The third kappa shape index (κ3) is 3.83. The van der Waals surface area contributed by atoms with Gasteiger partial charge in [-0.2, -0.15) is 0 Å². The van der Waals surface area contributed by atoms with Gasteiger partial charge >= 0.3 is 6.09 Å². The topological polar surface area (TPSA) is 49.9 Å². The maximum atomic E-state index is 13.5. The first kappa shape index (κ1) is 21.2. The lowest BCUT2D eigenvalue weighted by Crippen LogP contribution is -2.55. The minimum atomic E-state index is -0.521. The molecule has 29 heavy (non-hydrogen) atoms. The van der Waals surface area contributed by atoms with Gasteiger partial charge in [0.2, 0.25) is 5.91 Å². The zero-order valence-electron chi connectivity index (χ0n) is 17.8. The number of nitrogens with zero attached hydrogens (tertiary/aromatic N) is 2. The number of carbonyl (C=O) groups is 2. The number of aryl methyl sites for hydroxylation is 1. The molecule has 2 atom stereocenters. The molecule has 0 aromatic heterocycles. The Morgan fingerprint density at radius 1 is 1.24 bits per heavy atom. The predicted molar refractivity (Wildman–Crippen MR) is 114 cm³/mol. The number of allylic oxidation sites excluding steroid dienone is 2. The van der Waals surface area contributed by atoms with Crippen LogP contribution < -0.4 is 0 Å². The Kier molecular flexibility index (Phi) is 6.15. The summed E-state index contributed by atoms with van der Waals surface area (Å²) in [6.45, 7) is 14.5. The maximum absolute atomic E-state index is 13.5. The van der Waals surface area contributed by atoms with E-state index in [2.05, 4.69) is 32.2 Å². The van der Waals surface area contributed by atoms with Crippen LogP contribution in [0.15, 0.2) is 49.6 Å². The van der Waals surface area contributed by atoms with Crippen LogP contribution in [-0.4, -0.2) is 47.0 Å². The number of piperazine rings is 1. The molecule has 0 spiro atoms. The third-order valence-corrected chi connectivity index (χ3v) is 6.15. The monoisotopic (exact) mass is 396 g/mol. The highest BCUT2D eigenvalue weighted by Crippen LogP contribution is 2.49. The van der Waals surface area contributed by atoms with Gasteiger partial charge in [0, 0.05) is 13.1 Å². The summed E-state index contributed by atoms with van der Waals surface area (Å²) in [5.74, 6) is 0.151. The molecule has 2 aliphatic rings. The fraction of sp³-hybridized carbons (Fsp3) is 0.500. The molecule has 0 bridgehead atoms. The minimum absolute atomic E-state index is 0.0861. The molecule has 1 aromatic carbocycles. The van der Waals surface area contributed by atoms with E-state index in [0.29, 0.717) is 32.4 Å². The Labute approximate surface area is 174 Å². The van der Waals surface area contributed by atoms with Gasteiger partial charge in [-0.3, -0.25) is 9.69 Å². The van der Waals surface area contributed by atoms with Crippen molar-refractivity contribution in [3.8, 4) is 0 Å². The summed E-state index contributed by atoms with van der Waals surface area (Å²) in [6.07, 6.45) is 5.05. The van der Waals surface area contributed by atoms with Crippen molar-refractivity contribution in [2.75, 3.05) is 13.1 Å². The summed E-state index contributed by atoms with van der Waals surface area (Å²) >= 11 is 0. The van der Waals surface area contributed by atoms with Gasteiger partial charge in [0.25, 0.3) is 0 Å². The van der Waals surface area contributed by atoms with Crippen LogP contribution in [-0.2, 0) is 9.53 Å². The van der Waals surface area contributed by atoms with Gasteiger partial charge in [0.15, 0.2) is 0 Å². The molecular weight excluding hydrogens is 364 g/mol. The van der Waals surface area contributed by atoms with Crippen molar-refractivity contribution in [2.24, 2.45) is 5.41 Å². The lowest BCUT2D eigenvalue weighted by Gasteiger charge is -2.44. The predicted octanol–water partition coefficient (Wildman–Crippen LogP) is 4.64. The summed E-state index contributed by atoms with van der Waals surface area (Å²) in [4.78, 5) is 30.2. The molecule has 1 aromatic rings. The van der Waals surface area contributed by atoms with Crippen molar-refractivity contribution in [3.63, 3.8) is 0 Å². The number of fused-ring (bicyclic) bond motifs is 1. The van der Waals surface area contributed by atoms with E-state index in [4.69, 9.17) is 4.74 Å². The van der Waals surface area contributed by atoms with Crippen molar-refractivity contribution in [3.05, 3.63) is 60.7 Å². The van der Waals surface area contributed by atoms with Crippen molar-refractivity contribution in [1.82, 2.24) is 9.80 Å². The van der Waals surface area contributed by atoms with Gasteiger partial charge in [-0.15, -0.1) is 13.2 Å². The average molecular weight is 397 g/mol. The van der Waals surface area contributed by atoms with Gasteiger partial charge < -0.3 is 9.64 Å². The molecular formula is C24H32N2O3. The normalized spacial score (nSPS) is 23.1. The average Bonchev–Trinajstić information content (AvgIpc) is 2.94. The molecule has 2 fully saturated rings. The fourth-order valence-corrected chi connectivity index (χ4v) is 4.91. The van der Waals surface area contributed by atoms with E-state index in [1.54, 1.807) is 0 Å². The number of carbonyl (C=O) groups excluding carboxylic acids is 2. The molecule has 0 N–H and O–H groups in total. The zero-order valence-corrected chi connectivity index (χ0v) is 17.8. The van der Waals surface area contributed by atoms with Crippen LogP contribution >= 0.6 is 0 Å². The molecule has 0 saturated carbocycles. The smallest absolute Gasteiger partial charge is 0.410 e. The highest BCUT2D eigenvalue weighted by molar-refractivity contribution is 5.86.